The molecule has 0 aliphatic heterocycles. The van der Waals surface area contributed by atoms with Crippen molar-refractivity contribution < 1.29 is 18.4 Å². The number of rotatable bonds is 7. The van der Waals surface area contributed by atoms with Crippen molar-refractivity contribution in [2.24, 2.45) is 0 Å². The van der Waals surface area contributed by atoms with E-state index in [0.29, 0.717) is 10.6 Å². The number of imidazole rings is 1. The minimum atomic E-state index is -2.74. The molecule has 0 unspecified atom stereocenters. The third-order valence-electron chi connectivity index (χ3n) is 4.90. The first-order valence-corrected chi connectivity index (χ1v) is 10.6. The van der Waals surface area contributed by atoms with Crippen molar-refractivity contribution in [3.63, 3.8) is 0 Å². The number of halogens is 2. The number of aromatic amines is 1. The zero-order chi connectivity index (χ0) is 22.8. The summed E-state index contributed by atoms with van der Waals surface area (Å²) in [6.07, 6.45) is 4.54. The van der Waals surface area contributed by atoms with Gasteiger partial charge in [-0.15, -0.1) is 0 Å². The van der Waals surface area contributed by atoms with E-state index in [1.165, 1.54) is 19.3 Å². The zero-order valence-corrected chi connectivity index (χ0v) is 18.0. The number of aryl methyl sites for hydroxylation is 1. The molecule has 0 aliphatic carbocycles. The molecule has 4 rings (SSSR count). The first-order chi connectivity index (χ1) is 15.3. The van der Waals surface area contributed by atoms with Crippen molar-refractivity contribution in [3.8, 4) is 10.7 Å². The van der Waals surface area contributed by atoms with E-state index in [4.69, 9.17) is 0 Å². The van der Waals surface area contributed by atoms with Crippen molar-refractivity contribution in [3.05, 3.63) is 54.1 Å². The number of hydrogen-bond acceptors (Lipinski definition) is 5. The van der Waals surface area contributed by atoms with E-state index < -0.39 is 18.5 Å². The molecule has 166 valence electrons. The molecule has 0 bridgehead atoms. The molecule has 1 aromatic carbocycles. The van der Waals surface area contributed by atoms with E-state index in [1.807, 2.05) is 30.5 Å². The third kappa shape index (κ3) is 4.37. The summed E-state index contributed by atoms with van der Waals surface area (Å²) in [4.78, 5) is 36.6. The number of nitrogens with one attached hydrogen (secondary N) is 3. The monoisotopic (exact) mass is 458 g/mol. The summed E-state index contributed by atoms with van der Waals surface area (Å²) in [7, 11) is 0. The number of carbonyl (C=O) groups excluding carboxylic acids is 2. The smallest absolute Gasteiger partial charge is 0.320 e. The summed E-state index contributed by atoms with van der Waals surface area (Å²) in [6, 6.07) is 6.82. The number of amides is 2. The Morgan fingerprint density at radius 2 is 2.06 bits per heavy atom. The Labute approximate surface area is 185 Å². The highest BCUT2D eigenvalue weighted by molar-refractivity contribution is 7.19. The number of benzene rings is 1. The second-order valence-electron chi connectivity index (χ2n) is 7.18. The van der Waals surface area contributed by atoms with Gasteiger partial charge in [-0.3, -0.25) is 14.2 Å². The van der Waals surface area contributed by atoms with Crippen LogP contribution in [0.1, 0.15) is 24.7 Å². The highest BCUT2D eigenvalue weighted by Crippen LogP contribution is 2.33. The average Bonchev–Trinajstić information content (AvgIpc) is 3.46. The summed E-state index contributed by atoms with van der Waals surface area (Å²) >= 11 is 1.05. The number of aromatic nitrogens is 4. The van der Waals surface area contributed by atoms with Crippen molar-refractivity contribution in [1.82, 2.24) is 24.8 Å². The van der Waals surface area contributed by atoms with E-state index in [-0.39, 0.29) is 23.3 Å². The van der Waals surface area contributed by atoms with Crippen LogP contribution in [0.25, 0.3) is 21.6 Å². The van der Waals surface area contributed by atoms with Gasteiger partial charge in [0.25, 0.3) is 0 Å². The van der Waals surface area contributed by atoms with Crippen molar-refractivity contribution >= 4 is 39.2 Å². The molecule has 4 aromatic rings. The van der Waals surface area contributed by atoms with Gasteiger partial charge >= 0.3 is 6.55 Å². The minimum Gasteiger partial charge on any atom is -0.361 e. The van der Waals surface area contributed by atoms with Gasteiger partial charge in [-0.05, 0) is 18.6 Å². The van der Waals surface area contributed by atoms with E-state index in [0.717, 1.165) is 32.4 Å². The highest BCUT2D eigenvalue weighted by atomic mass is 32.1. The van der Waals surface area contributed by atoms with Gasteiger partial charge in [0, 0.05) is 42.8 Å². The summed E-state index contributed by atoms with van der Waals surface area (Å²) < 4.78 is 27.2. The molecule has 11 heteroatoms. The molecule has 8 nitrogen and oxygen atoms in total. The van der Waals surface area contributed by atoms with Crippen LogP contribution in [0.5, 0.6) is 0 Å². The molecule has 0 radical (unpaired) electrons. The number of hydrogen-bond donors (Lipinski definition) is 3. The number of H-pyrrole nitrogens is 1. The highest BCUT2D eigenvalue weighted by Gasteiger charge is 2.24. The average molecular weight is 458 g/mol. The van der Waals surface area contributed by atoms with Gasteiger partial charge in [0.2, 0.25) is 11.8 Å². The fraction of sp³-hybridized carbons (Fsp3) is 0.238. The molecule has 32 heavy (non-hydrogen) atoms. The fourth-order valence-corrected chi connectivity index (χ4v) is 4.44. The summed E-state index contributed by atoms with van der Waals surface area (Å²) in [5.74, 6) is -0.726. The zero-order valence-electron chi connectivity index (χ0n) is 17.2. The van der Waals surface area contributed by atoms with E-state index in [1.54, 1.807) is 6.92 Å². The van der Waals surface area contributed by atoms with Gasteiger partial charge in [-0.25, -0.2) is 9.97 Å². The molecule has 2 amide bonds. The number of para-hydroxylation sites is 1. The van der Waals surface area contributed by atoms with Crippen LogP contribution in [0.2, 0.25) is 0 Å². The number of anilines is 1. The van der Waals surface area contributed by atoms with Crippen molar-refractivity contribution in [2.45, 2.75) is 32.9 Å². The predicted molar refractivity (Wildman–Crippen MR) is 118 cm³/mol. The predicted octanol–water partition coefficient (Wildman–Crippen LogP) is 3.88. The number of carbonyl (C=O) groups is 2. The Bertz CT molecular complexity index is 1280. The Kier molecular flexibility index (Phi) is 5.99. The number of thiazole rings is 1. The maximum absolute atomic E-state index is 13.2. The van der Waals surface area contributed by atoms with Crippen LogP contribution in [-0.2, 0) is 16.0 Å². The Hall–Kier alpha value is -3.60. The molecule has 0 fully saturated rings. The molecule has 1 atom stereocenters. The Morgan fingerprint density at radius 3 is 2.81 bits per heavy atom. The van der Waals surface area contributed by atoms with Gasteiger partial charge in [-0.2, -0.15) is 8.78 Å². The normalized spacial score (nSPS) is 12.3. The minimum absolute atomic E-state index is 0.0766. The second kappa shape index (κ2) is 8.87. The molecule has 0 aliphatic rings. The number of fused-ring (bicyclic) bond motifs is 1. The third-order valence-corrected chi connectivity index (χ3v) is 5.97. The standard InChI is InChI=1S/C21H20F2N6O2S/c1-11-17(18-24-7-8-29(18)20(22)23)32-21(26-11)28-19(31)16(27-12(2)30)9-13-10-25-15-6-4-3-5-14(13)15/h3-8,10,16,20,25H,9H2,1-2H3,(H,27,30)(H,26,28,31)/t16-/m0/s1. The van der Waals surface area contributed by atoms with Crippen LogP contribution in [0.4, 0.5) is 13.9 Å². The van der Waals surface area contributed by atoms with Gasteiger partial charge in [0.1, 0.15) is 6.04 Å². The topological polar surface area (TPSA) is 105 Å². The molecular formula is C21H20F2N6O2S. The lowest BCUT2D eigenvalue weighted by molar-refractivity contribution is -0.125. The van der Waals surface area contributed by atoms with Crippen molar-refractivity contribution in [2.75, 3.05) is 5.32 Å². The van der Waals surface area contributed by atoms with Crippen LogP contribution in [0, 0.1) is 6.92 Å². The number of nitrogens with zero attached hydrogens (tertiary/aromatic N) is 3. The van der Waals surface area contributed by atoms with E-state index in [2.05, 4.69) is 25.6 Å². The van der Waals surface area contributed by atoms with Crippen LogP contribution in [-0.4, -0.2) is 37.4 Å². The van der Waals surface area contributed by atoms with Crippen LogP contribution >= 0.6 is 11.3 Å². The first kappa shape index (κ1) is 21.6. The molecular weight excluding hydrogens is 438 g/mol. The lowest BCUT2D eigenvalue weighted by Gasteiger charge is -2.16. The summed E-state index contributed by atoms with van der Waals surface area (Å²) in [6.45, 7) is 0.251. The van der Waals surface area contributed by atoms with E-state index >= 15 is 0 Å². The first-order valence-electron chi connectivity index (χ1n) is 9.75. The van der Waals surface area contributed by atoms with Crippen LogP contribution in [0.15, 0.2) is 42.9 Å². The SMILES string of the molecule is CC(=O)N[C@@H](Cc1c[nH]c2ccccc12)C(=O)Nc1nc(C)c(-c2nccn2C(F)F)s1. The van der Waals surface area contributed by atoms with Crippen LogP contribution in [0.3, 0.4) is 0 Å². The van der Waals surface area contributed by atoms with Gasteiger partial charge in [-0.1, -0.05) is 29.5 Å². The molecule has 0 saturated heterocycles. The fourth-order valence-electron chi connectivity index (χ4n) is 3.47. The molecule has 3 aromatic heterocycles. The maximum atomic E-state index is 13.2. The van der Waals surface area contributed by atoms with Crippen molar-refractivity contribution in [1.29, 1.82) is 0 Å². The maximum Gasteiger partial charge on any atom is 0.320 e. The number of alkyl halides is 2. The molecule has 3 N–H and O–H groups in total. The Morgan fingerprint density at radius 1 is 1.28 bits per heavy atom. The Balaban J connectivity index is 1.56. The summed E-state index contributed by atoms with van der Waals surface area (Å²) in [5.41, 5.74) is 2.27. The quantitative estimate of drug-likeness (QED) is 0.391. The molecule has 0 saturated carbocycles. The lowest BCUT2D eigenvalue weighted by Crippen LogP contribution is -2.44. The summed E-state index contributed by atoms with van der Waals surface area (Å²) in [5, 5.41) is 6.57. The van der Waals surface area contributed by atoms with Gasteiger partial charge < -0.3 is 15.6 Å². The molecule has 3 heterocycles. The largest absolute Gasteiger partial charge is 0.361 e. The lowest BCUT2D eigenvalue weighted by atomic mass is 10.0. The molecule has 0 spiro atoms. The van der Waals surface area contributed by atoms with E-state index in [9.17, 15) is 18.4 Å². The van der Waals surface area contributed by atoms with Crippen LogP contribution < -0.4 is 10.6 Å². The van der Waals surface area contributed by atoms with Gasteiger partial charge in [0.05, 0.1) is 10.6 Å². The van der Waals surface area contributed by atoms with Gasteiger partial charge in [0.15, 0.2) is 11.0 Å². The second-order valence-corrected chi connectivity index (χ2v) is 8.17.